The number of piperidine rings is 1. The second-order valence-corrected chi connectivity index (χ2v) is 6.04. The summed E-state index contributed by atoms with van der Waals surface area (Å²) < 4.78 is 0. The molecule has 1 amide bonds. The number of amides is 1. The van der Waals surface area contributed by atoms with Crippen molar-refractivity contribution in [2.24, 2.45) is 5.41 Å². The third-order valence-corrected chi connectivity index (χ3v) is 4.11. The number of aromatic nitrogens is 2. The van der Waals surface area contributed by atoms with Crippen LogP contribution < -0.4 is 10.9 Å². The number of aromatic amines is 1. The minimum atomic E-state index is -0.357. The van der Waals surface area contributed by atoms with E-state index in [2.05, 4.69) is 27.1 Å². The van der Waals surface area contributed by atoms with E-state index in [4.69, 9.17) is 0 Å². The molecule has 6 heteroatoms. The van der Waals surface area contributed by atoms with Gasteiger partial charge in [0, 0.05) is 12.6 Å². The van der Waals surface area contributed by atoms with Gasteiger partial charge in [-0.3, -0.25) is 9.59 Å². The maximum atomic E-state index is 12.5. The third kappa shape index (κ3) is 3.91. The topological polar surface area (TPSA) is 78.1 Å². The van der Waals surface area contributed by atoms with E-state index in [-0.39, 0.29) is 16.9 Å². The van der Waals surface area contributed by atoms with Gasteiger partial charge in [-0.05, 0) is 39.8 Å². The van der Waals surface area contributed by atoms with E-state index in [1.807, 2.05) is 6.92 Å². The Morgan fingerprint density at radius 2 is 2.33 bits per heavy atom. The van der Waals surface area contributed by atoms with Crippen molar-refractivity contribution < 1.29 is 4.79 Å². The van der Waals surface area contributed by atoms with E-state index in [0.29, 0.717) is 18.1 Å². The summed E-state index contributed by atoms with van der Waals surface area (Å²) in [6.45, 7) is 8.98. The number of nitrogens with zero attached hydrogens (tertiary/aromatic N) is 2. The molecule has 1 fully saturated rings. The van der Waals surface area contributed by atoms with Crippen molar-refractivity contribution in [3.63, 3.8) is 0 Å². The molecule has 6 nitrogen and oxygen atoms in total. The van der Waals surface area contributed by atoms with Gasteiger partial charge in [0.05, 0.1) is 17.7 Å². The Bertz CT molecular complexity index is 569. The number of rotatable bonds is 4. The van der Waals surface area contributed by atoms with Crippen LogP contribution in [0.15, 0.2) is 10.9 Å². The highest BCUT2D eigenvalue weighted by Crippen LogP contribution is 2.29. The summed E-state index contributed by atoms with van der Waals surface area (Å²) in [5, 5.41) is 2.93. The zero-order valence-electron chi connectivity index (χ0n) is 13.0. The fourth-order valence-corrected chi connectivity index (χ4v) is 2.92. The summed E-state index contributed by atoms with van der Waals surface area (Å²) in [7, 11) is 0. The molecule has 0 aliphatic carbocycles. The number of hydrogen-bond donors (Lipinski definition) is 2. The number of H-pyrrole nitrogens is 1. The maximum absolute atomic E-state index is 12.5. The van der Waals surface area contributed by atoms with Gasteiger partial charge in [-0.25, -0.2) is 4.98 Å². The van der Waals surface area contributed by atoms with Crippen LogP contribution in [-0.2, 0) is 11.3 Å². The lowest BCUT2D eigenvalue weighted by Crippen LogP contribution is -2.50. The number of aryl methyl sites for hydroxylation is 1. The fraction of sp³-hybridized carbons (Fsp3) is 0.667. The Hall–Kier alpha value is -1.69. The lowest BCUT2D eigenvalue weighted by Gasteiger charge is -2.38. The predicted molar refractivity (Wildman–Crippen MR) is 80.9 cm³/mol. The predicted octanol–water partition coefficient (Wildman–Crippen LogP) is 0.817. The monoisotopic (exact) mass is 292 g/mol. The van der Waals surface area contributed by atoms with Gasteiger partial charge in [0.1, 0.15) is 5.82 Å². The van der Waals surface area contributed by atoms with Crippen LogP contribution in [0.25, 0.3) is 0 Å². The Morgan fingerprint density at radius 3 is 3.00 bits per heavy atom. The van der Waals surface area contributed by atoms with Gasteiger partial charge in [-0.2, -0.15) is 0 Å². The molecule has 0 radical (unpaired) electrons. The minimum absolute atomic E-state index is 0.0420. The van der Waals surface area contributed by atoms with Crippen LogP contribution >= 0.6 is 0 Å². The van der Waals surface area contributed by atoms with Gasteiger partial charge in [0.25, 0.3) is 5.56 Å². The van der Waals surface area contributed by atoms with E-state index in [1.165, 1.54) is 6.07 Å². The minimum Gasteiger partial charge on any atom is -0.350 e. The zero-order valence-corrected chi connectivity index (χ0v) is 13.0. The molecule has 1 saturated heterocycles. The summed E-state index contributed by atoms with van der Waals surface area (Å²) in [6.07, 6.45) is 1.94. The first-order valence-electron chi connectivity index (χ1n) is 7.50. The second-order valence-electron chi connectivity index (χ2n) is 6.04. The van der Waals surface area contributed by atoms with Gasteiger partial charge in [0.2, 0.25) is 5.91 Å². The summed E-state index contributed by atoms with van der Waals surface area (Å²) >= 11 is 0. The number of carbonyl (C=O) groups is 1. The first-order chi connectivity index (χ1) is 9.93. The molecule has 21 heavy (non-hydrogen) atoms. The van der Waals surface area contributed by atoms with Gasteiger partial charge in [0.15, 0.2) is 0 Å². The standard InChI is InChI=1S/C15H24N4O2/c1-4-19-7-5-6-15(3,10-19)14(21)16-9-12-8-13(20)18-11(2)17-12/h8H,4-7,9-10H2,1-3H3,(H,16,21)(H,17,18,20)/t15-/m0/s1. The molecule has 2 heterocycles. The third-order valence-electron chi connectivity index (χ3n) is 4.11. The van der Waals surface area contributed by atoms with Crippen LogP contribution in [-0.4, -0.2) is 40.4 Å². The molecular formula is C15H24N4O2. The van der Waals surface area contributed by atoms with Crippen LogP contribution in [0.5, 0.6) is 0 Å². The summed E-state index contributed by atoms with van der Waals surface area (Å²) in [4.78, 5) is 33.0. The molecule has 1 atom stereocenters. The van der Waals surface area contributed by atoms with E-state index in [1.54, 1.807) is 6.92 Å². The average molecular weight is 292 g/mol. The van der Waals surface area contributed by atoms with Crippen LogP contribution in [0.1, 0.15) is 38.2 Å². The number of carbonyl (C=O) groups excluding carboxylic acids is 1. The largest absolute Gasteiger partial charge is 0.350 e. The summed E-state index contributed by atoms with van der Waals surface area (Å²) in [5.74, 6) is 0.605. The quantitative estimate of drug-likeness (QED) is 0.861. The first-order valence-corrected chi connectivity index (χ1v) is 7.50. The van der Waals surface area contributed by atoms with Crippen LogP contribution in [0.2, 0.25) is 0 Å². The van der Waals surface area contributed by atoms with Crippen LogP contribution in [0, 0.1) is 12.3 Å². The van der Waals surface area contributed by atoms with Crippen molar-refractivity contribution >= 4 is 5.91 Å². The van der Waals surface area contributed by atoms with Gasteiger partial charge in [-0.15, -0.1) is 0 Å². The van der Waals surface area contributed by atoms with Crippen LogP contribution in [0.3, 0.4) is 0 Å². The molecule has 0 unspecified atom stereocenters. The van der Waals surface area contributed by atoms with E-state index in [9.17, 15) is 9.59 Å². The van der Waals surface area contributed by atoms with Gasteiger partial charge < -0.3 is 15.2 Å². The molecule has 1 aliphatic rings. The van der Waals surface area contributed by atoms with E-state index < -0.39 is 0 Å². The van der Waals surface area contributed by atoms with E-state index in [0.717, 1.165) is 32.5 Å². The Kier molecular flexibility index (Phi) is 4.77. The second kappa shape index (κ2) is 6.39. The van der Waals surface area contributed by atoms with Crippen molar-refractivity contribution in [2.45, 2.75) is 40.2 Å². The highest BCUT2D eigenvalue weighted by molar-refractivity contribution is 5.82. The molecule has 2 rings (SSSR count). The average Bonchev–Trinajstić information content (AvgIpc) is 2.43. The summed E-state index contributed by atoms with van der Waals surface area (Å²) in [6, 6.07) is 1.43. The highest BCUT2D eigenvalue weighted by Gasteiger charge is 2.37. The molecule has 0 saturated carbocycles. The normalized spacial score (nSPS) is 23.0. The Balaban J connectivity index is 1.99. The molecule has 116 valence electrons. The smallest absolute Gasteiger partial charge is 0.251 e. The number of nitrogens with one attached hydrogen (secondary N) is 2. The SMILES string of the molecule is CCN1CCC[C@](C)(C(=O)NCc2cc(=O)[nH]c(C)n2)C1. The molecule has 1 aromatic rings. The molecule has 2 N–H and O–H groups in total. The van der Waals surface area contributed by atoms with Gasteiger partial charge in [-0.1, -0.05) is 6.92 Å². The summed E-state index contributed by atoms with van der Waals surface area (Å²) in [5.41, 5.74) is 0.0500. The molecule has 1 aromatic heterocycles. The van der Waals surface area contributed by atoms with Crippen molar-refractivity contribution in [3.8, 4) is 0 Å². The first kappa shape index (κ1) is 15.7. The van der Waals surface area contributed by atoms with Crippen molar-refractivity contribution in [1.29, 1.82) is 0 Å². The molecule has 0 spiro atoms. The Labute approximate surface area is 125 Å². The molecule has 0 bridgehead atoms. The molecule has 0 aromatic carbocycles. The van der Waals surface area contributed by atoms with Crippen molar-refractivity contribution in [3.05, 3.63) is 27.9 Å². The molecule has 1 aliphatic heterocycles. The fourth-order valence-electron chi connectivity index (χ4n) is 2.92. The Morgan fingerprint density at radius 1 is 1.57 bits per heavy atom. The maximum Gasteiger partial charge on any atom is 0.251 e. The van der Waals surface area contributed by atoms with Crippen LogP contribution in [0.4, 0.5) is 0 Å². The van der Waals surface area contributed by atoms with Gasteiger partial charge >= 0.3 is 0 Å². The number of likely N-dealkylation sites (tertiary alicyclic amines) is 1. The number of hydrogen-bond acceptors (Lipinski definition) is 4. The lowest BCUT2D eigenvalue weighted by molar-refractivity contribution is -0.133. The zero-order chi connectivity index (χ0) is 15.5. The lowest BCUT2D eigenvalue weighted by atomic mass is 9.81. The highest BCUT2D eigenvalue weighted by atomic mass is 16.2. The molecular weight excluding hydrogens is 268 g/mol. The van der Waals surface area contributed by atoms with Crippen molar-refractivity contribution in [1.82, 2.24) is 20.2 Å². The van der Waals surface area contributed by atoms with E-state index >= 15 is 0 Å². The van der Waals surface area contributed by atoms with Crippen molar-refractivity contribution in [2.75, 3.05) is 19.6 Å².